The molecule has 5 nitrogen and oxygen atoms in total. The molecule has 0 amide bonds. The minimum Gasteiger partial charge on any atom is -0.351 e. The Balaban J connectivity index is 1.50. The number of aromatic nitrogens is 3. The zero-order chi connectivity index (χ0) is 15.2. The minimum atomic E-state index is 0.505. The number of nitrogens with one attached hydrogen (secondary N) is 1. The predicted molar refractivity (Wildman–Crippen MR) is 90.2 cm³/mol. The van der Waals surface area contributed by atoms with Gasteiger partial charge in [0.1, 0.15) is 0 Å². The molecular formula is C16H23N5S. The van der Waals surface area contributed by atoms with Crippen molar-refractivity contribution in [3.63, 3.8) is 0 Å². The molecule has 1 N–H and O–H groups in total. The molecule has 0 aromatic carbocycles. The van der Waals surface area contributed by atoms with Gasteiger partial charge in [0, 0.05) is 37.3 Å². The number of anilines is 1. The fourth-order valence-electron chi connectivity index (χ4n) is 2.92. The van der Waals surface area contributed by atoms with E-state index >= 15 is 0 Å². The second-order valence-electron chi connectivity index (χ2n) is 5.68. The normalized spacial score (nSPS) is 18.0. The quantitative estimate of drug-likeness (QED) is 0.851. The summed E-state index contributed by atoms with van der Waals surface area (Å²) in [5.41, 5.74) is 1.16. The van der Waals surface area contributed by atoms with Gasteiger partial charge in [-0.05, 0) is 37.8 Å². The lowest BCUT2D eigenvalue weighted by Gasteiger charge is -2.25. The lowest BCUT2D eigenvalue weighted by Crippen LogP contribution is -2.38. The van der Waals surface area contributed by atoms with Crippen molar-refractivity contribution in [2.75, 3.05) is 18.0 Å². The van der Waals surface area contributed by atoms with E-state index in [4.69, 9.17) is 0 Å². The highest BCUT2D eigenvalue weighted by atomic mass is 32.1. The fourth-order valence-corrected chi connectivity index (χ4v) is 3.82. The molecule has 3 heterocycles. The fraction of sp³-hybridized carbons (Fsp3) is 0.562. The van der Waals surface area contributed by atoms with Gasteiger partial charge in [0.2, 0.25) is 0 Å². The van der Waals surface area contributed by atoms with Crippen LogP contribution in [-0.4, -0.2) is 34.3 Å². The van der Waals surface area contributed by atoms with Gasteiger partial charge in [-0.15, -0.1) is 16.4 Å². The van der Waals surface area contributed by atoms with E-state index in [-0.39, 0.29) is 0 Å². The molecule has 2 aromatic rings. The molecule has 118 valence electrons. The monoisotopic (exact) mass is 317 g/mol. The molecule has 22 heavy (non-hydrogen) atoms. The average molecular weight is 317 g/mol. The van der Waals surface area contributed by atoms with Gasteiger partial charge in [0.15, 0.2) is 5.82 Å². The van der Waals surface area contributed by atoms with E-state index in [9.17, 15) is 0 Å². The van der Waals surface area contributed by atoms with Crippen LogP contribution in [0.2, 0.25) is 0 Å². The molecule has 0 unspecified atom stereocenters. The lowest BCUT2D eigenvalue weighted by atomic mass is 10.2. The Morgan fingerprint density at radius 1 is 1.45 bits per heavy atom. The number of thiazole rings is 1. The number of hydrogen-bond donors (Lipinski definition) is 1. The Hall–Kier alpha value is -1.53. The molecule has 1 aliphatic rings. The second kappa shape index (κ2) is 7.65. The van der Waals surface area contributed by atoms with Crippen molar-refractivity contribution in [3.05, 3.63) is 34.4 Å². The van der Waals surface area contributed by atoms with Crippen molar-refractivity contribution in [2.24, 2.45) is 0 Å². The van der Waals surface area contributed by atoms with Gasteiger partial charge in [0.25, 0.3) is 0 Å². The van der Waals surface area contributed by atoms with Crippen LogP contribution in [0.4, 0.5) is 5.82 Å². The third-order valence-electron chi connectivity index (χ3n) is 3.98. The highest BCUT2D eigenvalue weighted by molar-refractivity contribution is 7.09. The van der Waals surface area contributed by atoms with Gasteiger partial charge < -0.3 is 10.2 Å². The summed E-state index contributed by atoms with van der Waals surface area (Å²) in [5, 5.41) is 15.2. The Kier molecular flexibility index (Phi) is 5.34. The van der Waals surface area contributed by atoms with Gasteiger partial charge in [0.05, 0.1) is 10.7 Å². The third-order valence-corrected chi connectivity index (χ3v) is 4.94. The number of aryl methyl sites for hydroxylation is 1. The SMILES string of the molecule is CCCc1nc(CNC[C@H]2CCCN2c2cccnn2)cs1. The Morgan fingerprint density at radius 3 is 3.23 bits per heavy atom. The van der Waals surface area contributed by atoms with E-state index < -0.39 is 0 Å². The van der Waals surface area contributed by atoms with E-state index in [1.165, 1.54) is 17.8 Å². The van der Waals surface area contributed by atoms with E-state index in [1.807, 2.05) is 12.1 Å². The summed E-state index contributed by atoms with van der Waals surface area (Å²) in [6, 6.07) is 4.50. The lowest BCUT2D eigenvalue weighted by molar-refractivity contribution is 0.565. The molecule has 0 bridgehead atoms. The van der Waals surface area contributed by atoms with Crippen molar-refractivity contribution in [1.29, 1.82) is 0 Å². The first kappa shape index (κ1) is 15.4. The van der Waals surface area contributed by atoms with Crippen LogP contribution in [-0.2, 0) is 13.0 Å². The molecule has 2 aromatic heterocycles. The van der Waals surface area contributed by atoms with Gasteiger partial charge in [-0.25, -0.2) is 4.98 Å². The van der Waals surface area contributed by atoms with Crippen molar-refractivity contribution in [3.8, 4) is 0 Å². The number of hydrogen-bond acceptors (Lipinski definition) is 6. The second-order valence-corrected chi connectivity index (χ2v) is 6.63. The zero-order valence-electron chi connectivity index (χ0n) is 13.0. The molecule has 0 radical (unpaired) electrons. The van der Waals surface area contributed by atoms with Crippen LogP contribution < -0.4 is 10.2 Å². The highest BCUT2D eigenvalue weighted by Crippen LogP contribution is 2.22. The van der Waals surface area contributed by atoms with Crippen LogP contribution in [0.5, 0.6) is 0 Å². The highest BCUT2D eigenvalue weighted by Gasteiger charge is 2.25. The van der Waals surface area contributed by atoms with Crippen LogP contribution >= 0.6 is 11.3 Å². The largest absolute Gasteiger partial charge is 0.351 e. The van der Waals surface area contributed by atoms with Crippen molar-refractivity contribution >= 4 is 17.2 Å². The number of nitrogens with zero attached hydrogens (tertiary/aromatic N) is 4. The van der Waals surface area contributed by atoms with E-state index in [0.717, 1.165) is 44.0 Å². The summed E-state index contributed by atoms with van der Waals surface area (Å²) >= 11 is 1.77. The van der Waals surface area contributed by atoms with Crippen molar-refractivity contribution < 1.29 is 0 Å². The molecule has 3 rings (SSSR count). The van der Waals surface area contributed by atoms with E-state index in [2.05, 4.69) is 37.7 Å². The molecule has 1 aliphatic heterocycles. The summed E-state index contributed by atoms with van der Waals surface area (Å²) in [4.78, 5) is 7.03. The third kappa shape index (κ3) is 3.81. The summed E-state index contributed by atoms with van der Waals surface area (Å²) in [5.74, 6) is 0.991. The Labute approximate surface area is 135 Å². The van der Waals surface area contributed by atoms with Crippen LogP contribution in [0.1, 0.15) is 36.9 Å². The van der Waals surface area contributed by atoms with Crippen LogP contribution in [0.3, 0.4) is 0 Å². The molecule has 1 fully saturated rings. The molecule has 6 heteroatoms. The smallest absolute Gasteiger partial charge is 0.151 e. The maximum absolute atomic E-state index is 4.66. The molecule has 1 atom stereocenters. The Morgan fingerprint density at radius 2 is 2.41 bits per heavy atom. The Bertz CT molecular complexity index is 571. The molecular weight excluding hydrogens is 294 g/mol. The average Bonchev–Trinajstić information content (AvgIpc) is 3.18. The molecule has 0 spiro atoms. The number of rotatable bonds is 7. The van der Waals surface area contributed by atoms with Gasteiger partial charge in [-0.1, -0.05) is 6.92 Å². The van der Waals surface area contributed by atoms with Crippen LogP contribution in [0.25, 0.3) is 0 Å². The van der Waals surface area contributed by atoms with E-state index in [1.54, 1.807) is 17.5 Å². The van der Waals surface area contributed by atoms with Crippen LogP contribution in [0.15, 0.2) is 23.7 Å². The van der Waals surface area contributed by atoms with Gasteiger partial charge in [-0.3, -0.25) is 0 Å². The van der Waals surface area contributed by atoms with E-state index in [0.29, 0.717) is 6.04 Å². The van der Waals surface area contributed by atoms with Crippen molar-refractivity contribution in [2.45, 2.75) is 45.2 Å². The minimum absolute atomic E-state index is 0.505. The summed E-state index contributed by atoms with van der Waals surface area (Å²) in [6.45, 7) is 5.09. The molecule has 1 saturated heterocycles. The first-order valence-electron chi connectivity index (χ1n) is 8.05. The van der Waals surface area contributed by atoms with Crippen molar-refractivity contribution in [1.82, 2.24) is 20.5 Å². The maximum atomic E-state index is 4.66. The molecule has 0 saturated carbocycles. The first-order chi connectivity index (χ1) is 10.9. The topological polar surface area (TPSA) is 53.9 Å². The summed E-state index contributed by atoms with van der Waals surface area (Å²) in [7, 11) is 0. The van der Waals surface area contributed by atoms with Crippen LogP contribution in [0, 0.1) is 0 Å². The molecule has 0 aliphatic carbocycles. The standard InChI is InChI=1S/C16H23N5S/c1-2-5-16-19-13(12-22-16)10-17-11-14-6-4-9-21(14)15-7-3-8-18-20-15/h3,7-8,12,14,17H,2,4-6,9-11H2,1H3/t14-/m1/s1. The van der Waals surface area contributed by atoms with Gasteiger partial charge >= 0.3 is 0 Å². The summed E-state index contributed by atoms with van der Waals surface area (Å²) < 4.78 is 0. The zero-order valence-corrected chi connectivity index (χ0v) is 13.9. The van der Waals surface area contributed by atoms with Gasteiger partial charge in [-0.2, -0.15) is 5.10 Å². The predicted octanol–water partition coefficient (Wildman–Crippen LogP) is 2.64. The first-order valence-corrected chi connectivity index (χ1v) is 8.93. The maximum Gasteiger partial charge on any atom is 0.151 e. The summed E-state index contributed by atoms with van der Waals surface area (Å²) in [6.07, 6.45) is 6.41.